The van der Waals surface area contributed by atoms with Gasteiger partial charge in [-0.1, -0.05) is 44.4 Å². The molecule has 0 N–H and O–H groups in total. The minimum absolute atomic E-state index is 1.12. The third-order valence-electron chi connectivity index (χ3n) is 1.93. The number of unbranched alkanes of at least 4 members (excludes halogenated alkanes) is 5. The molecule has 70 valence electrons. The zero-order valence-corrected chi connectivity index (χ0v) is 8.39. The first-order chi connectivity index (χ1) is 5.91. The lowest BCUT2D eigenvalue weighted by atomic mass is 10.1. The highest BCUT2D eigenvalue weighted by atomic mass is 13.9. The van der Waals surface area contributed by atoms with Crippen molar-refractivity contribution < 1.29 is 0 Å². The van der Waals surface area contributed by atoms with Gasteiger partial charge < -0.3 is 0 Å². The zero-order chi connectivity index (χ0) is 9.07. The lowest BCUT2D eigenvalue weighted by Gasteiger charge is -1.93. The second-order valence-corrected chi connectivity index (χ2v) is 3.19. The molecule has 0 saturated heterocycles. The molecule has 0 aliphatic heterocycles. The minimum atomic E-state index is 1.12. The fraction of sp³-hybridized carbons (Fsp3) is 0.667. The Hall–Kier alpha value is -0.520. The van der Waals surface area contributed by atoms with Crippen LogP contribution in [-0.2, 0) is 0 Å². The highest BCUT2D eigenvalue weighted by Crippen LogP contribution is 2.03. The summed E-state index contributed by atoms with van der Waals surface area (Å²) in [7, 11) is 0. The number of allylic oxidation sites excluding steroid dienone is 3. The van der Waals surface area contributed by atoms with Crippen LogP contribution in [0, 0.1) is 0 Å². The Labute approximate surface area is 77.4 Å². The van der Waals surface area contributed by atoms with Crippen LogP contribution in [0.25, 0.3) is 0 Å². The van der Waals surface area contributed by atoms with Crippen LogP contribution in [0.4, 0.5) is 0 Å². The zero-order valence-electron chi connectivity index (χ0n) is 8.39. The molecule has 0 heterocycles. The summed E-state index contributed by atoms with van der Waals surface area (Å²) in [5, 5.41) is 0. The molecule has 0 aliphatic carbocycles. The van der Waals surface area contributed by atoms with Crippen LogP contribution in [0.15, 0.2) is 24.8 Å². The first-order valence-corrected chi connectivity index (χ1v) is 5.17. The molecule has 0 saturated carbocycles. The summed E-state index contributed by atoms with van der Waals surface area (Å²) in [5.74, 6) is 0. The summed E-state index contributed by atoms with van der Waals surface area (Å²) in [6, 6.07) is 0. The first-order valence-electron chi connectivity index (χ1n) is 5.17. The maximum atomic E-state index is 3.69. The summed E-state index contributed by atoms with van der Waals surface area (Å²) in [6.45, 7) is 5.94. The third-order valence-corrected chi connectivity index (χ3v) is 1.93. The molecule has 0 unspecified atom stereocenters. The van der Waals surface area contributed by atoms with Crippen molar-refractivity contribution in [1.29, 1.82) is 0 Å². The molecule has 0 aromatic carbocycles. The van der Waals surface area contributed by atoms with Crippen molar-refractivity contribution in [1.82, 2.24) is 0 Å². The number of hydrogen-bond acceptors (Lipinski definition) is 0. The van der Waals surface area contributed by atoms with Crippen LogP contribution in [0.1, 0.15) is 51.9 Å². The molecular formula is C12H22. The molecule has 0 aromatic rings. The minimum Gasteiger partial charge on any atom is -0.103 e. The van der Waals surface area contributed by atoms with Gasteiger partial charge in [-0.2, -0.15) is 0 Å². The first kappa shape index (κ1) is 11.5. The topological polar surface area (TPSA) is 0 Å². The van der Waals surface area contributed by atoms with E-state index in [0.717, 1.165) is 12.8 Å². The average Bonchev–Trinajstić information content (AvgIpc) is 2.10. The van der Waals surface area contributed by atoms with Crippen LogP contribution in [-0.4, -0.2) is 0 Å². The highest BCUT2D eigenvalue weighted by molar-refractivity contribution is 4.84. The largest absolute Gasteiger partial charge is 0.103 e. The van der Waals surface area contributed by atoms with Crippen molar-refractivity contribution in [3.05, 3.63) is 24.8 Å². The van der Waals surface area contributed by atoms with E-state index < -0.39 is 0 Å². The molecule has 0 amide bonds. The van der Waals surface area contributed by atoms with E-state index in [1.54, 1.807) is 0 Å². The molecule has 0 atom stereocenters. The van der Waals surface area contributed by atoms with E-state index in [2.05, 4.69) is 25.7 Å². The number of hydrogen-bond donors (Lipinski definition) is 0. The van der Waals surface area contributed by atoms with Gasteiger partial charge in [0.25, 0.3) is 0 Å². The van der Waals surface area contributed by atoms with Crippen LogP contribution < -0.4 is 0 Å². The van der Waals surface area contributed by atoms with E-state index >= 15 is 0 Å². The van der Waals surface area contributed by atoms with Gasteiger partial charge in [-0.15, -0.1) is 6.58 Å². The Morgan fingerprint density at radius 2 is 1.67 bits per heavy atom. The predicted molar refractivity (Wildman–Crippen MR) is 57.3 cm³/mol. The Morgan fingerprint density at radius 3 is 2.33 bits per heavy atom. The smallest absolute Gasteiger partial charge is 0.0316 e. The fourth-order valence-electron chi connectivity index (χ4n) is 1.14. The Bertz CT molecular complexity index is 111. The fourth-order valence-corrected chi connectivity index (χ4v) is 1.14. The SMILES string of the molecule is C=CCC/C=C/CCCCCC. The second kappa shape index (κ2) is 10.5. The van der Waals surface area contributed by atoms with E-state index in [1.807, 2.05) is 6.08 Å². The van der Waals surface area contributed by atoms with Crippen LogP contribution >= 0.6 is 0 Å². The van der Waals surface area contributed by atoms with Crippen molar-refractivity contribution in [3.63, 3.8) is 0 Å². The molecular weight excluding hydrogens is 144 g/mol. The monoisotopic (exact) mass is 166 g/mol. The molecule has 0 rings (SSSR count). The summed E-state index contributed by atoms with van der Waals surface area (Å²) in [6.07, 6.45) is 15.6. The van der Waals surface area contributed by atoms with E-state index in [9.17, 15) is 0 Å². The van der Waals surface area contributed by atoms with E-state index in [-0.39, 0.29) is 0 Å². The van der Waals surface area contributed by atoms with Gasteiger partial charge >= 0.3 is 0 Å². The van der Waals surface area contributed by atoms with Crippen molar-refractivity contribution in [2.24, 2.45) is 0 Å². The van der Waals surface area contributed by atoms with Gasteiger partial charge in [0.05, 0.1) is 0 Å². The maximum absolute atomic E-state index is 3.69. The summed E-state index contributed by atoms with van der Waals surface area (Å²) in [5.41, 5.74) is 0. The average molecular weight is 166 g/mol. The van der Waals surface area contributed by atoms with Crippen LogP contribution in [0.5, 0.6) is 0 Å². The van der Waals surface area contributed by atoms with Crippen molar-refractivity contribution >= 4 is 0 Å². The van der Waals surface area contributed by atoms with Gasteiger partial charge in [-0.05, 0) is 25.7 Å². The maximum Gasteiger partial charge on any atom is -0.0316 e. The lowest BCUT2D eigenvalue weighted by Crippen LogP contribution is -1.73. The molecule has 0 aliphatic rings. The summed E-state index contributed by atoms with van der Waals surface area (Å²) >= 11 is 0. The van der Waals surface area contributed by atoms with Gasteiger partial charge in [0.1, 0.15) is 0 Å². The summed E-state index contributed by atoms with van der Waals surface area (Å²) in [4.78, 5) is 0. The van der Waals surface area contributed by atoms with Crippen molar-refractivity contribution in [2.45, 2.75) is 51.9 Å². The van der Waals surface area contributed by atoms with Gasteiger partial charge in [-0.25, -0.2) is 0 Å². The van der Waals surface area contributed by atoms with E-state index in [1.165, 1.54) is 32.1 Å². The normalized spacial score (nSPS) is 10.8. The molecule has 0 fully saturated rings. The Morgan fingerprint density at radius 1 is 0.917 bits per heavy atom. The van der Waals surface area contributed by atoms with Gasteiger partial charge in [0, 0.05) is 0 Å². The Balaban J connectivity index is 2.97. The lowest BCUT2D eigenvalue weighted by molar-refractivity contribution is 0.674. The Kier molecular flexibility index (Phi) is 10.0. The molecule has 0 radical (unpaired) electrons. The quantitative estimate of drug-likeness (QED) is 0.368. The van der Waals surface area contributed by atoms with E-state index in [4.69, 9.17) is 0 Å². The molecule has 0 heteroatoms. The second-order valence-electron chi connectivity index (χ2n) is 3.19. The standard InChI is InChI=1S/C12H22/c1-3-5-7-9-11-12-10-8-6-4-2/h3,9,11H,1,4-8,10,12H2,2H3/b11-9+. The molecule has 0 aromatic heterocycles. The van der Waals surface area contributed by atoms with Crippen LogP contribution in [0.2, 0.25) is 0 Å². The van der Waals surface area contributed by atoms with E-state index in [0.29, 0.717) is 0 Å². The summed E-state index contributed by atoms with van der Waals surface area (Å²) < 4.78 is 0. The molecule has 0 nitrogen and oxygen atoms in total. The third kappa shape index (κ3) is 9.48. The van der Waals surface area contributed by atoms with Gasteiger partial charge in [0.15, 0.2) is 0 Å². The van der Waals surface area contributed by atoms with Crippen LogP contribution in [0.3, 0.4) is 0 Å². The molecule has 0 bridgehead atoms. The molecule has 12 heavy (non-hydrogen) atoms. The number of rotatable bonds is 8. The van der Waals surface area contributed by atoms with Gasteiger partial charge in [-0.3, -0.25) is 0 Å². The van der Waals surface area contributed by atoms with Crippen molar-refractivity contribution in [3.8, 4) is 0 Å². The van der Waals surface area contributed by atoms with Crippen molar-refractivity contribution in [2.75, 3.05) is 0 Å². The molecule has 0 spiro atoms. The van der Waals surface area contributed by atoms with Gasteiger partial charge in [0.2, 0.25) is 0 Å². The predicted octanol–water partition coefficient (Wildman–Crippen LogP) is 4.48. The highest BCUT2D eigenvalue weighted by Gasteiger charge is 1.83.